The number of para-hydroxylation sites is 1. The third-order valence-corrected chi connectivity index (χ3v) is 3.69. The molecule has 2 N–H and O–H groups in total. The molecule has 0 radical (unpaired) electrons. The number of carbonyl (C=O) groups is 1. The van der Waals surface area contributed by atoms with Gasteiger partial charge in [-0.1, -0.05) is 41.6 Å². The van der Waals surface area contributed by atoms with Gasteiger partial charge in [-0.2, -0.15) is 0 Å². The van der Waals surface area contributed by atoms with Crippen molar-refractivity contribution >= 4 is 23.5 Å². The zero-order chi connectivity index (χ0) is 13.7. The lowest BCUT2D eigenvalue weighted by atomic mass is 10.2. The highest BCUT2D eigenvalue weighted by atomic mass is 32.2. The fourth-order valence-corrected chi connectivity index (χ4v) is 2.48. The summed E-state index contributed by atoms with van der Waals surface area (Å²) in [5.41, 5.74) is 2.05. The third kappa shape index (κ3) is 3.76. The van der Waals surface area contributed by atoms with E-state index < -0.39 is 0 Å². The van der Waals surface area contributed by atoms with Crippen LogP contribution < -0.4 is 10.6 Å². The summed E-state index contributed by atoms with van der Waals surface area (Å²) in [4.78, 5) is 13.6. The SMILES string of the molecule is CNC(=O)Nc1ccccc1Sc1ccc(C)cc1. The number of aryl methyl sites for hydroxylation is 1. The monoisotopic (exact) mass is 272 g/mol. The maximum Gasteiger partial charge on any atom is 0.319 e. The van der Waals surface area contributed by atoms with Gasteiger partial charge in [0.1, 0.15) is 0 Å². The number of nitrogens with one attached hydrogen (secondary N) is 2. The van der Waals surface area contributed by atoms with E-state index in [-0.39, 0.29) is 6.03 Å². The topological polar surface area (TPSA) is 41.1 Å². The van der Waals surface area contributed by atoms with E-state index >= 15 is 0 Å². The van der Waals surface area contributed by atoms with E-state index in [1.165, 1.54) is 5.56 Å². The van der Waals surface area contributed by atoms with Gasteiger partial charge in [0.25, 0.3) is 0 Å². The Morgan fingerprint density at radius 1 is 1.05 bits per heavy atom. The number of amides is 2. The molecule has 0 saturated carbocycles. The molecule has 2 amide bonds. The lowest BCUT2D eigenvalue weighted by Crippen LogP contribution is -2.24. The van der Waals surface area contributed by atoms with E-state index in [0.717, 1.165) is 15.5 Å². The first kappa shape index (κ1) is 13.5. The molecule has 2 rings (SSSR count). The number of hydrogen-bond acceptors (Lipinski definition) is 2. The normalized spacial score (nSPS) is 10.0. The molecule has 0 spiro atoms. The molecule has 3 nitrogen and oxygen atoms in total. The second kappa shape index (κ2) is 6.29. The van der Waals surface area contributed by atoms with Gasteiger partial charge in [-0.25, -0.2) is 4.79 Å². The minimum absolute atomic E-state index is 0.211. The Bertz CT molecular complexity index is 567. The Kier molecular flexibility index (Phi) is 4.47. The fourth-order valence-electron chi connectivity index (χ4n) is 1.58. The van der Waals surface area contributed by atoms with Crippen molar-refractivity contribution in [1.29, 1.82) is 0 Å². The van der Waals surface area contributed by atoms with Crippen molar-refractivity contribution in [1.82, 2.24) is 5.32 Å². The van der Waals surface area contributed by atoms with Crippen LogP contribution in [0.4, 0.5) is 10.5 Å². The minimum Gasteiger partial charge on any atom is -0.341 e. The summed E-state index contributed by atoms with van der Waals surface area (Å²) in [5, 5.41) is 5.37. The molecule has 2 aromatic carbocycles. The molecular formula is C15H16N2OS. The molecule has 0 saturated heterocycles. The highest BCUT2D eigenvalue weighted by Gasteiger charge is 2.06. The van der Waals surface area contributed by atoms with Crippen LogP contribution in [0.1, 0.15) is 5.56 Å². The largest absolute Gasteiger partial charge is 0.341 e. The summed E-state index contributed by atoms with van der Waals surface area (Å²) in [6.07, 6.45) is 0. The molecule has 0 aliphatic carbocycles. The van der Waals surface area contributed by atoms with Crippen molar-refractivity contribution in [2.75, 3.05) is 12.4 Å². The van der Waals surface area contributed by atoms with Crippen LogP contribution in [0.3, 0.4) is 0 Å². The summed E-state index contributed by atoms with van der Waals surface area (Å²) in [6.45, 7) is 2.07. The summed E-state index contributed by atoms with van der Waals surface area (Å²) >= 11 is 1.63. The smallest absolute Gasteiger partial charge is 0.319 e. The lowest BCUT2D eigenvalue weighted by molar-refractivity contribution is 0.254. The van der Waals surface area contributed by atoms with E-state index in [2.05, 4.69) is 41.8 Å². The third-order valence-electron chi connectivity index (χ3n) is 2.61. The van der Waals surface area contributed by atoms with Crippen LogP contribution in [0.15, 0.2) is 58.3 Å². The number of anilines is 1. The van der Waals surface area contributed by atoms with E-state index in [1.54, 1.807) is 18.8 Å². The second-order valence-corrected chi connectivity index (χ2v) is 5.23. The van der Waals surface area contributed by atoms with Crippen LogP contribution in [0, 0.1) is 6.92 Å². The molecule has 0 fully saturated rings. The maximum absolute atomic E-state index is 11.4. The summed E-state index contributed by atoms with van der Waals surface area (Å²) in [6, 6.07) is 15.9. The van der Waals surface area contributed by atoms with Crippen LogP contribution in [0.25, 0.3) is 0 Å². The van der Waals surface area contributed by atoms with Crippen molar-refractivity contribution in [3.8, 4) is 0 Å². The summed E-state index contributed by atoms with van der Waals surface area (Å²) in [7, 11) is 1.60. The van der Waals surface area contributed by atoms with Crippen molar-refractivity contribution in [3.63, 3.8) is 0 Å². The molecule has 0 heterocycles. The van der Waals surface area contributed by atoms with Gasteiger partial charge in [0, 0.05) is 16.8 Å². The van der Waals surface area contributed by atoms with Crippen molar-refractivity contribution < 1.29 is 4.79 Å². The molecule has 0 atom stereocenters. The Hall–Kier alpha value is -1.94. The molecule has 2 aromatic rings. The number of hydrogen-bond donors (Lipinski definition) is 2. The molecule has 4 heteroatoms. The number of benzene rings is 2. The fraction of sp³-hybridized carbons (Fsp3) is 0.133. The van der Waals surface area contributed by atoms with Crippen LogP contribution in [0.5, 0.6) is 0 Å². The van der Waals surface area contributed by atoms with Crippen LogP contribution in [0.2, 0.25) is 0 Å². The molecule has 19 heavy (non-hydrogen) atoms. The highest BCUT2D eigenvalue weighted by molar-refractivity contribution is 7.99. The summed E-state index contributed by atoms with van der Waals surface area (Å²) in [5.74, 6) is 0. The second-order valence-electron chi connectivity index (χ2n) is 4.12. The Labute approximate surface area is 117 Å². The van der Waals surface area contributed by atoms with Crippen LogP contribution in [-0.2, 0) is 0 Å². The molecule has 0 aromatic heterocycles. The van der Waals surface area contributed by atoms with Gasteiger partial charge in [0.15, 0.2) is 0 Å². The Morgan fingerprint density at radius 3 is 2.42 bits per heavy atom. The molecule has 0 bridgehead atoms. The summed E-state index contributed by atoms with van der Waals surface area (Å²) < 4.78 is 0. The van der Waals surface area contributed by atoms with E-state index in [9.17, 15) is 4.79 Å². The van der Waals surface area contributed by atoms with Crippen LogP contribution in [-0.4, -0.2) is 13.1 Å². The van der Waals surface area contributed by atoms with Gasteiger partial charge in [-0.15, -0.1) is 0 Å². The highest BCUT2D eigenvalue weighted by Crippen LogP contribution is 2.33. The number of rotatable bonds is 3. The van der Waals surface area contributed by atoms with Gasteiger partial charge >= 0.3 is 6.03 Å². The molecule has 0 unspecified atom stereocenters. The first-order valence-electron chi connectivity index (χ1n) is 6.01. The van der Waals surface area contributed by atoms with Crippen molar-refractivity contribution in [3.05, 3.63) is 54.1 Å². The standard InChI is InChI=1S/C15H16N2OS/c1-11-7-9-12(10-8-11)19-14-6-4-3-5-13(14)17-15(18)16-2/h3-10H,1-2H3,(H2,16,17,18). The molecule has 98 valence electrons. The maximum atomic E-state index is 11.4. The quantitative estimate of drug-likeness (QED) is 0.889. The average molecular weight is 272 g/mol. The van der Waals surface area contributed by atoms with Gasteiger partial charge in [0.05, 0.1) is 5.69 Å². The predicted octanol–water partition coefficient (Wildman–Crippen LogP) is 3.90. The Balaban J connectivity index is 2.20. The number of urea groups is 1. The Morgan fingerprint density at radius 2 is 1.74 bits per heavy atom. The van der Waals surface area contributed by atoms with Crippen molar-refractivity contribution in [2.45, 2.75) is 16.7 Å². The van der Waals surface area contributed by atoms with Crippen molar-refractivity contribution in [2.24, 2.45) is 0 Å². The van der Waals surface area contributed by atoms with E-state index in [1.807, 2.05) is 24.3 Å². The average Bonchev–Trinajstić information content (AvgIpc) is 2.43. The first-order chi connectivity index (χ1) is 9.19. The lowest BCUT2D eigenvalue weighted by Gasteiger charge is -2.10. The minimum atomic E-state index is -0.211. The van der Waals surface area contributed by atoms with Gasteiger partial charge in [0.2, 0.25) is 0 Å². The molecular weight excluding hydrogens is 256 g/mol. The predicted molar refractivity (Wildman–Crippen MR) is 79.8 cm³/mol. The zero-order valence-corrected chi connectivity index (χ0v) is 11.8. The van der Waals surface area contributed by atoms with E-state index in [4.69, 9.17) is 0 Å². The van der Waals surface area contributed by atoms with Gasteiger partial charge < -0.3 is 10.6 Å². The number of carbonyl (C=O) groups excluding carboxylic acids is 1. The molecule has 0 aliphatic heterocycles. The zero-order valence-electron chi connectivity index (χ0n) is 10.9. The molecule has 0 aliphatic rings. The van der Waals surface area contributed by atoms with Crippen LogP contribution >= 0.6 is 11.8 Å². The van der Waals surface area contributed by atoms with Gasteiger partial charge in [-0.3, -0.25) is 0 Å². The van der Waals surface area contributed by atoms with Gasteiger partial charge in [-0.05, 0) is 31.2 Å². The first-order valence-corrected chi connectivity index (χ1v) is 6.83. The van der Waals surface area contributed by atoms with E-state index in [0.29, 0.717) is 0 Å².